The van der Waals surface area contributed by atoms with Crippen LogP contribution in [0.15, 0.2) is 160 Å². The lowest BCUT2D eigenvalue weighted by atomic mass is 10.1. The molecule has 0 radical (unpaired) electrons. The zero-order chi connectivity index (χ0) is 48.6. The van der Waals surface area contributed by atoms with Crippen molar-refractivity contribution in [1.82, 2.24) is 13.7 Å². The maximum absolute atomic E-state index is 12.5. The van der Waals surface area contributed by atoms with Crippen molar-refractivity contribution in [2.24, 2.45) is 7.05 Å². The maximum atomic E-state index is 12.5. The zero-order valence-corrected chi connectivity index (χ0v) is 38.9. The van der Waals surface area contributed by atoms with Crippen molar-refractivity contribution in [1.29, 1.82) is 0 Å². The van der Waals surface area contributed by atoms with E-state index in [9.17, 15) is 28.8 Å². The minimum Gasteiger partial charge on any atom is -0.407 e. The number of hydrogen-bond acceptors (Lipinski definition) is 7. The smallest absolute Gasteiger partial charge is 0.407 e. The van der Waals surface area contributed by atoms with E-state index in [0.717, 1.165) is 38.0 Å². The third-order valence-electron chi connectivity index (χ3n) is 11.8. The number of fused-ring (bicyclic) bond motifs is 3. The van der Waals surface area contributed by atoms with Crippen molar-refractivity contribution in [2.75, 3.05) is 16.8 Å². The van der Waals surface area contributed by atoms with E-state index in [-0.39, 0.29) is 30.0 Å². The number of oxazole rings is 1. The number of anilines is 2. The van der Waals surface area contributed by atoms with Gasteiger partial charge in [-0.05, 0) is 146 Å². The van der Waals surface area contributed by atoms with Crippen molar-refractivity contribution in [2.45, 2.75) is 41.5 Å². The summed E-state index contributed by atoms with van der Waals surface area (Å²) in [6, 6.07) is 39.4. The van der Waals surface area contributed by atoms with Gasteiger partial charge >= 0.3 is 11.4 Å². The number of nitrogens with one attached hydrogen (secondary N) is 1. The lowest BCUT2D eigenvalue weighted by Gasteiger charge is -2.28. The van der Waals surface area contributed by atoms with Crippen LogP contribution in [0.2, 0.25) is 0 Å². The summed E-state index contributed by atoms with van der Waals surface area (Å²) >= 11 is 0. The molecule has 12 nitrogen and oxygen atoms in total. The Morgan fingerprint density at radius 3 is 1.51 bits per heavy atom. The highest BCUT2D eigenvalue weighted by Crippen LogP contribution is 2.29. The number of carbonyl (C=O) groups excluding carboxylic acids is 4. The van der Waals surface area contributed by atoms with Crippen LogP contribution in [0.4, 0.5) is 11.4 Å². The second-order valence-electron chi connectivity index (χ2n) is 16.5. The predicted molar refractivity (Wildman–Crippen MR) is 271 cm³/mol. The molecule has 0 unspecified atom stereocenters. The summed E-state index contributed by atoms with van der Waals surface area (Å²) < 4.78 is 8.78. The molecule has 2 aromatic heterocycles. The fourth-order valence-electron chi connectivity index (χ4n) is 7.46. The summed E-state index contributed by atoms with van der Waals surface area (Å²) in [5, 5.41) is 2.78. The third-order valence-corrected chi connectivity index (χ3v) is 11.8. The van der Waals surface area contributed by atoms with Crippen LogP contribution in [0.1, 0.15) is 59.7 Å². The second-order valence-corrected chi connectivity index (χ2v) is 16.5. The highest BCUT2D eigenvalue weighted by atomic mass is 16.4. The molecule has 2 amide bonds. The Kier molecular flexibility index (Phi) is 14.4. The summed E-state index contributed by atoms with van der Waals surface area (Å²) in [5.41, 5.74) is 13.2. The Hall–Kier alpha value is -8.64. The molecule has 0 fully saturated rings. The number of rotatable bonds is 6. The molecule has 68 heavy (non-hydrogen) atoms. The summed E-state index contributed by atoms with van der Waals surface area (Å²) in [6.45, 7) is 12.3. The van der Waals surface area contributed by atoms with Crippen LogP contribution in [0.5, 0.6) is 0 Å². The summed E-state index contributed by atoms with van der Waals surface area (Å²) in [5.74, 6) is -1.82. The molecular formula is C56H51N5O7. The molecule has 1 aliphatic heterocycles. The van der Waals surface area contributed by atoms with Crippen LogP contribution in [-0.4, -0.2) is 43.9 Å². The lowest BCUT2D eigenvalue weighted by Crippen LogP contribution is -2.41. The SMILES string of the molecule is Cc1ccc(/C=C/C(=O)N2CC(=O)Nc3ccccc32)cc1C.Cc1ccc(/C=C/C(=O)n2c(=O)n(C)c3ccccc32)cc1C.Cc1ccc(/C=C/C(=O)n2c(=O)oc3ccccc32)cc1C. The van der Waals surface area contributed by atoms with Gasteiger partial charge in [0.1, 0.15) is 6.54 Å². The van der Waals surface area contributed by atoms with E-state index in [1.54, 1.807) is 61.7 Å². The van der Waals surface area contributed by atoms with Crippen LogP contribution in [0.3, 0.4) is 0 Å². The first kappa shape index (κ1) is 47.3. The molecule has 3 heterocycles. The summed E-state index contributed by atoms with van der Waals surface area (Å²) in [4.78, 5) is 74.7. The molecule has 12 heteroatoms. The highest BCUT2D eigenvalue weighted by Gasteiger charge is 2.25. The number of aryl methyl sites for hydroxylation is 7. The Labute approximate surface area is 393 Å². The molecule has 1 N–H and O–H groups in total. The van der Waals surface area contributed by atoms with Gasteiger partial charge < -0.3 is 9.73 Å². The number of amides is 2. The van der Waals surface area contributed by atoms with Gasteiger partial charge in [0.25, 0.3) is 17.7 Å². The monoisotopic (exact) mass is 905 g/mol. The molecule has 9 rings (SSSR count). The van der Waals surface area contributed by atoms with Crippen molar-refractivity contribution < 1.29 is 23.6 Å². The number of carbonyl (C=O) groups is 4. The second kappa shape index (κ2) is 20.7. The number of benzene rings is 6. The van der Waals surface area contributed by atoms with Crippen LogP contribution in [-0.2, 0) is 16.6 Å². The predicted octanol–water partition coefficient (Wildman–Crippen LogP) is 10.2. The minimum atomic E-state index is -0.670. The van der Waals surface area contributed by atoms with E-state index in [0.29, 0.717) is 22.3 Å². The average molecular weight is 906 g/mol. The zero-order valence-electron chi connectivity index (χ0n) is 38.9. The van der Waals surface area contributed by atoms with E-state index in [1.807, 2.05) is 126 Å². The molecule has 342 valence electrons. The van der Waals surface area contributed by atoms with Crippen molar-refractivity contribution >= 4 is 75.4 Å². The van der Waals surface area contributed by atoms with Crippen molar-refractivity contribution in [3.63, 3.8) is 0 Å². The van der Waals surface area contributed by atoms with Gasteiger partial charge in [-0.2, -0.15) is 0 Å². The quantitative estimate of drug-likeness (QED) is 0.164. The topological polar surface area (TPSA) is 146 Å². The molecule has 0 spiro atoms. The fraction of sp³-hybridized carbons (Fsp3) is 0.143. The minimum absolute atomic E-state index is 0.0348. The molecule has 0 saturated heterocycles. The van der Waals surface area contributed by atoms with E-state index in [2.05, 4.69) is 12.2 Å². The van der Waals surface area contributed by atoms with Crippen molar-refractivity contribution in [3.8, 4) is 0 Å². The molecule has 0 aliphatic carbocycles. The van der Waals surface area contributed by atoms with E-state index >= 15 is 0 Å². The first-order valence-corrected chi connectivity index (χ1v) is 21.9. The first-order valence-electron chi connectivity index (χ1n) is 21.9. The largest absolute Gasteiger partial charge is 0.427 e. The van der Waals surface area contributed by atoms with Gasteiger partial charge in [0.2, 0.25) is 5.91 Å². The highest BCUT2D eigenvalue weighted by molar-refractivity contribution is 6.14. The van der Waals surface area contributed by atoms with Gasteiger partial charge in [-0.1, -0.05) is 91.0 Å². The Morgan fingerprint density at radius 2 is 0.971 bits per heavy atom. The maximum Gasteiger partial charge on any atom is 0.427 e. The fourth-order valence-corrected chi connectivity index (χ4v) is 7.46. The third kappa shape index (κ3) is 10.7. The lowest BCUT2D eigenvalue weighted by molar-refractivity contribution is -0.119. The van der Waals surface area contributed by atoms with Gasteiger partial charge in [-0.3, -0.25) is 28.6 Å². The van der Waals surface area contributed by atoms with Gasteiger partial charge in [0.15, 0.2) is 5.58 Å². The number of para-hydroxylation sites is 6. The number of imidazole rings is 1. The molecule has 8 aromatic rings. The normalized spacial score (nSPS) is 12.2. The molecule has 0 saturated carbocycles. The first-order chi connectivity index (χ1) is 32.6. The number of aromatic nitrogens is 3. The number of allylic oxidation sites excluding steroid dienone is 2. The Bertz CT molecular complexity index is 3470. The molecule has 1 aliphatic rings. The van der Waals surface area contributed by atoms with Crippen molar-refractivity contribution in [3.05, 3.63) is 217 Å². The molecular weight excluding hydrogens is 855 g/mol. The standard InChI is InChI=1S/2C19H18N2O2.C18H15NO3/c1-13-8-9-15(12-14(13)2)10-11-18(22)21-17-7-5-4-6-16(17)20(3)19(21)23;1-13-7-8-15(11-14(13)2)9-10-19(23)21-12-18(22)20-16-5-3-4-6-17(16)21;1-12-7-8-14(11-13(12)2)9-10-17(20)19-15-5-3-4-6-16(15)22-18(19)21/h4-12H,1-3H3;3-11H,12H2,1-2H3,(H,20,22);3-11H,1-2H3/b11-10+;2*10-9+. The average Bonchev–Trinajstić information content (AvgIpc) is 3.81. The van der Waals surface area contributed by atoms with Crippen LogP contribution in [0.25, 0.3) is 40.4 Å². The van der Waals surface area contributed by atoms with E-state index in [1.165, 1.54) is 60.1 Å². The summed E-state index contributed by atoms with van der Waals surface area (Å²) in [7, 11) is 1.67. The van der Waals surface area contributed by atoms with Gasteiger partial charge in [-0.25, -0.2) is 18.7 Å². The van der Waals surface area contributed by atoms with E-state index in [4.69, 9.17) is 4.42 Å². The molecule has 0 bridgehead atoms. The van der Waals surface area contributed by atoms with Gasteiger partial charge in [0, 0.05) is 25.3 Å². The van der Waals surface area contributed by atoms with E-state index < -0.39 is 11.7 Å². The molecule has 6 aromatic carbocycles. The van der Waals surface area contributed by atoms with Crippen LogP contribution < -0.4 is 21.7 Å². The molecule has 0 atom stereocenters. The van der Waals surface area contributed by atoms with Gasteiger partial charge in [0.05, 0.1) is 27.9 Å². The Balaban J connectivity index is 0.000000151. The van der Waals surface area contributed by atoms with Crippen LogP contribution in [0, 0.1) is 41.5 Å². The Morgan fingerprint density at radius 1 is 0.515 bits per heavy atom. The number of hydrogen-bond donors (Lipinski definition) is 1. The van der Waals surface area contributed by atoms with Gasteiger partial charge in [-0.15, -0.1) is 0 Å². The van der Waals surface area contributed by atoms with Crippen LogP contribution >= 0.6 is 0 Å². The number of nitrogens with zero attached hydrogens (tertiary/aromatic N) is 4. The summed E-state index contributed by atoms with van der Waals surface area (Å²) in [6.07, 6.45) is 9.56.